The molecule has 6 nitrogen and oxygen atoms in total. The minimum atomic E-state index is -0.0955. The van der Waals surface area contributed by atoms with Gasteiger partial charge in [0.25, 0.3) is 0 Å². The van der Waals surface area contributed by atoms with Crippen LogP contribution in [0.5, 0.6) is 0 Å². The number of rotatable bonds is 8. The van der Waals surface area contributed by atoms with Crippen molar-refractivity contribution in [3.8, 4) is 0 Å². The predicted octanol–water partition coefficient (Wildman–Crippen LogP) is 4.47. The zero-order chi connectivity index (χ0) is 19.1. The molecule has 0 saturated carbocycles. The molecule has 142 valence electrons. The van der Waals surface area contributed by atoms with Gasteiger partial charge in [0.1, 0.15) is 5.82 Å². The molecule has 6 heteroatoms. The summed E-state index contributed by atoms with van der Waals surface area (Å²) >= 11 is 0. The molecular formula is C20H31N5O. The van der Waals surface area contributed by atoms with Gasteiger partial charge in [0.05, 0.1) is 5.69 Å². The molecule has 1 atom stereocenters. The second-order valence-electron chi connectivity index (χ2n) is 7.25. The summed E-state index contributed by atoms with van der Waals surface area (Å²) in [4.78, 5) is 18.9. The number of pyridine rings is 1. The smallest absolute Gasteiger partial charge is 0.317 e. The first-order chi connectivity index (χ1) is 12.4. The van der Waals surface area contributed by atoms with Gasteiger partial charge in [-0.15, -0.1) is 0 Å². The van der Waals surface area contributed by atoms with Crippen LogP contribution in [0.3, 0.4) is 0 Å². The number of nitrogens with zero attached hydrogens (tertiary/aromatic N) is 4. The SMILES string of the molecule is CCC(C)N(Cc1ccncc1)C(=O)Nc1cc(C)nn1CCC(C)C. The van der Waals surface area contributed by atoms with Gasteiger partial charge < -0.3 is 4.90 Å². The lowest BCUT2D eigenvalue weighted by atomic mass is 10.1. The van der Waals surface area contributed by atoms with Crippen LogP contribution in [0.1, 0.15) is 51.8 Å². The summed E-state index contributed by atoms with van der Waals surface area (Å²) in [6.45, 7) is 11.8. The topological polar surface area (TPSA) is 63.1 Å². The van der Waals surface area contributed by atoms with Crippen molar-refractivity contribution in [2.75, 3.05) is 5.32 Å². The Balaban J connectivity index is 2.14. The molecule has 26 heavy (non-hydrogen) atoms. The van der Waals surface area contributed by atoms with Crippen LogP contribution in [0.15, 0.2) is 30.6 Å². The first-order valence-corrected chi connectivity index (χ1v) is 9.41. The molecule has 1 N–H and O–H groups in total. The van der Waals surface area contributed by atoms with Gasteiger partial charge >= 0.3 is 6.03 Å². The Labute approximate surface area is 156 Å². The molecule has 0 saturated heterocycles. The van der Waals surface area contributed by atoms with Gasteiger partial charge in [0.2, 0.25) is 0 Å². The zero-order valence-corrected chi connectivity index (χ0v) is 16.6. The predicted molar refractivity (Wildman–Crippen MR) is 105 cm³/mol. The Bertz CT molecular complexity index is 695. The number of nitrogens with one attached hydrogen (secondary N) is 1. The number of hydrogen-bond acceptors (Lipinski definition) is 3. The third kappa shape index (κ3) is 5.58. The lowest BCUT2D eigenvalue weighted by molar-refractivity contribution is 0.186. The van der Waals surface area contributed by atoms with Gasteiger partial charge in [-0.2, -0.15) is 5.10 Å². The molecule has 0 aliphatic heterocycles. The Morgan fingerprint density at radius 3 is 2.58 bits per heavy atom. The van der Waals surface area contributed by atoms with Gasteiger partial charge in [-0.25, -0.2) is 9.48 Å². The van der Waals surface area contributed by atoms with Crippen molar-refractivity contribution in [1.29, 1.82) is 0 Å². The molecule has 2 amide bonds. The van der Waals surface area contributed by atoms with E-state index in [0.29, 0.717) is 12.5 Å². The second kappa shape index (κ2) is 9.36. The number of anilines is 1. The fourth-order valence-electron chi connectivity index (χ4n) is 2.71. The van der Waals surface area contributed by atoms with E-state index in [1.165, 1.54) is 0 Å². The molecule has 0 bridgehead atoms. The number of aryl methyl sites for hydroxylation is 2. The first-order valence-electron chi connectivity index (χ1n) is 9.41. The van der Waals surface area contributed by atoms with E-state index in [4.69, 9.17) is 0 Å². The monoisotopic (exact) mass is 357 g/mol. The molecule has 0 spiro atoms. The van der Waals surface area contributed by atoms with Gasteiger partial charge in [0, 0.05) is 37.6 Å². The molecule has 1 unspecified atom stereocenters. The minimum absolute atomic E-state index is 0.0955. The lowest BCUT2D eigenvalue weighted by Gasteiger charge is -2.29. The summed E-state index contributed by atoms with van der Waals surface area (Å²) in [6.07, 6.45) is 5.43. The molecule has 2 aromatic rings. The molecule has 0 aromatic carbocycles. The van der Waals surface area contributed by atoms with Crippen LogP contribution in [0, 0.1) is 12.8 Å². The summed E-state index contributed by atoms with van der Waals surface area (Å²) in [5.74, 6) is 1.35. The summed E-state index contributed by atoms with van der Waals surface area (Å²) in [5.41, 5.74) is 1.98. The fourth-order valence-corrected chi connectivity index (χ4v) is 2.71. The van der Waals surface area contributed by atoms with Crippen molar-refractivity contribution in [1.82, 2.24) is 19.7 Å². The number of carbonyl (C=O) groups excluding carboxylic acids is 1. The number of aromatic nitrogens is 3. The van der Waals surface area contributed by atoms with Gasteiger partial charge in [-0.1, -0.05) is 20.8 Å². The van der Waals surface area contributed by atoms with E-state index in [1.807, 2.05) is 34.7 Å². The Morgan fingerprint density at radius 2 is 1.96 bits per heavy atom. The average molecular weight is 358 g/mol. The number of carbonyl (C=O) groups is 1. The normalized spacial score (nSPS) is 12.2. The highest BCUT2D eigenvalue weighted by atomic mass is 16.2. The highest BCUT2D eigenvalue weighted by Gasteiger charge is 2.21. The minimum Gasteiger partial charge on any atom is -0.317 e. The molecule has 2 rings (SSSR count). The molecular weight excluding hydrogens is 326 g/mol. The van der Waals surface area contributed by atoms with Gasteiger partial charge in [-0.3, -0.25) is 10.3 Å². The fraction of sp³-hybridized carbons (Fsp3) is 0.550. The van der Waals surface area contributed by atoms with Crippen molar-refractivity contribution >= 4 is 11.8 Å². The zero-order valence-electron chi connectivity index (χ0n) is 16.6. The molecule has 2 heterocycles. The highest BCUT2D eigenvalue weighted by molar-refractivity contribution is 5.88. The van der Waals surface area contributed by atoms with Crippen LogP contribution in [-0.4, -0.2) is 31.7 Å². The van der Waals surface area contributed by atoms with Crippen molar-refractivity contribution in [2.45, 2.75) is 66.6 Å². The maximum Gasteiger partial charge on any atom is 0.323 e. The largest absolute Gasteiger partial charge is 0.323 e. The maximum absolute atomic E-state index is 13.0. The van der Waals surface area contributed by atoms with Crippen molar-refractivity contribution in [3.05, 3.63) is 41.9 Å². The van der Waals surface area contributed by atoms with E-state index >= 15 is 0 Å². The third-order valence-corrected chi connectivity index (χ3v) is 4.54. The first kappa shape index (κ1) is 19.9. The van der Waals surface area contributed by atoms with Crippen molar-refractivity contribution in [2.24, 2.45) is 5.92 Å². The average Bonchev–Trinajstić information content (AvgIpc) is 2.97. The van der Waals surface area contributed by atoms with E-state index in [0.717, 1.165) is 36.5 Å². The number of urea groups is 1. The standard InChI is InChI=1S/C20H31N5O/c1-6-17(5)24(14-18-7-10-21-11-8-18)20(26)22-19-13-16(4)23-25(19)12-9-15(2)3/h7-8,10-11,13,15,17H,6,9,12,14H2,1-5H3,(H,22,26). The van der Waals surface area contributed by atoms with E-state index in [2.05, 4.69) is 43.1 Å². The summed E-state index contributed by atoms with van der Waals surface area (Å²) in [5, 5.41) is 7.58. The lowest BCUT2D eigenvalue weighted by Crippen LogP contribution is -2.41. The Morgan fingerprint density at radius 1 is 1.27 bits per heavy atom. The van der Waals surface area contributed by atoms with Crippen LogP contribution in [0.25, 0.3) is 0 Å². The van der Waals surface area contributed by atoms with Crippen LogP contribution < -0.4 is 5.32 Å². The molecule has 0 aliphatic rings. The van der Waals surface area contributed by atoms with Gasteiger partial charge in [0.15, 0.2) is 0 Å². The van der Waals surface area contributed by atoms with Crippen LogP contribution in [-0.2, 0) is 13.1 Å². The summed E-state index contributed by atoms with van der Waals surface area (Å²) < 4.78 is 1.90. The van der Waals surface area contributed by atoms with E-state index in [1.54, 1.807) is 12.4 Å². The molecule has 2 aromatic heterocycles. The van der Waals surface area contributed by atoms with Crippen molar-refractivity contribution in [3.63, 3.8) is 0 Å². The van der Waals surface area contributed by atoms with Crippen LogP contribution in [0.2, 0.25) is 0 Å². The van der Waals surface area contributed by atoms with Crippen LogP contribution >= 0.6 is 0 Å². The Kier molecular flexibility index (Phi) is 7.18. The summed E-state index contributed by atoms with van der Waals surface area (Å²) in [6, 6.07) is 5.86. The summed E-state index contributed by atoms with van der Waals surface area (Å²) in [7, 11) is 0. The van der Waals surface area contributed by atoms with Gasteiger partial charge in [-0.05, 0) is 50.3 Å². The second-order valence-corrected chi connectivity index (χ2v) is 7.25. The highest BCUT2D eigenvalue weighted by Crippen LogP contribution is 2.16. The number of amides is 2. The molecule has 0 radical (unpaired) electrons. The molecule has 0 fully saturated rings. The van der Waals surface area contributed by atoms with E-state index in [9.17, 15) is 4.79 Å². The van der Waals surface area contributed by atoms with E-state index in [-0.39, 0.29) is 12.1 Å². The maximum atomic E-state index is 13.0. The van der Waals surface area contributed by atoms with E-state index < -0.39 is 0 Å². The third-order valence-electron chi connectivity index (χ3n) is 4.54. The van der Waals surface area contributed by atoms with Crippen LogP contribution in [0.4, 0.5) is 10.6 Å². The molecule has 0 aliphatic carbocycles. The quantitative estimate of drug-likeness (QED) is 0.758. The number of hydrogen-bond donors (Lipinski definition) is 1. The Hall–Kier alpha value is -2.37. The van der Waals surface area contributed by atoms with Crippen molar-refractivity contribution < 1.29 is 4.79 Å².